The molecule has 0 spiro atoms. The summed E-state index contributed by atoms with van der Waals surface area (Å²) in [5, 5.41) is 64.3. The van der Waals surface area contributed by atoms with Crippen LogP contribution in [0.4, 0.5) is 0 Å². The highest BCUT2D eigenvalue weighted by Gasteiger charge is 2.29. The fraction of sp³-hybridized carbons (Fsp3) is 0.688. The van der Waals surface area contributed by atoms with Crippen LogP contribution in [0.3, 0.4) is 0 Å². The highest BCUT2D eigenvalue weighted by molar-refractivity contribution is 5.73. The van der Waals surface area contributed by atoms with Crippen molar-refractivity contribution in [3.63, 3.8) is 0 Å². The number of hydrogen-bond acceptors (Lipinski definition) is 10. The van der Waals surface area contributed by atoms with Crippen molar-refractivity contribution in [2.45, 2.75) is 12.1 Å². The van der Waals surface area contributed by atoms with Gasteiger partial charge in [0.05, 0.1) is 45.9 Å². The monoisotopic (exact) mass is 453 g/mol. The molecule has 178 valence electrons. The first-order valence-electron chi connectivity index (χ1n) is 8.90. The second kappa shape index (κ2) is 14.2. The molecule has 2 atom stereocenters. The van der Waals surface area contributed by atoms with Crippen LogP contribution < -0.4 is 0 Å². The van der Waals surface area contributed by atoms with Gasteiger partial charge in [-0.2, -0.15) is 0 Å². The van der Waals surface area contributed by atoms with E-state index in [9.17, 15) is 34.2 Å². The van der Waals surface area contributed by atoms with Gasteiger partial charge in [0.1, 0.15) is 0 Å². The van der Waals surface area contributed by atoms with Gasteiger partial charge in [-0.3, -0.25) is 38.7 Å². The average molecular weight is 453 g/mol. The van der Waals surface area contributed by atoms with E-state index in [1.54, 1.807) is 0 Å². The lowest BCUT2D eigenvalue weighted by atomic mass is 10.1. The van der Waals surface area contributed by atoms with Gasteiger partial charge in [-0.15, -0.1) is 0 Å². The molecule has 0 aromatic rings. The molecule has 0 saturated carbocycles. The molecule has 0 fully saturated rings. The molecule has 0 aromatic carbocycles. The number of aliphatic hydroxyl groups is 2. The van der Waals surface area contributed by atoms with Crippen molar-refractivity contribution in [2.75, 3.05) is 59.0 Å². The predicted octanol–water partition coefficient (Wildman–Crippen LogP) is -3.96. The Hall–Kier alpha value is -2.85. The van der Waals surface area contributed by atoms with Crippen LogP contribution >= 0.6 is 0 Å². The molecule has 7 N–H and O–H groups in total. The van der Waals surface area contributed by atoms with Gasteiger partial charge in [0, 0.05) is 25.2 Å². The Kier molecular flexibility index (Phi) is 12.9. The Morgan fingerprint density at radius 3 is 0.968 bits per heavy atom. The maximum absolute atomic E-state index is 11.2. The number of carboxylic acids is 5. The van der Waals surface area contributed by atoms with E-state index >= 15 is 0 Å². The fourth-order valence-corrected chi connectivity index (χ4v) is 2.89. The quantitative estimate of drug-likeness (QED) is 0.105. The highest BCUT2D eigenvalue weighted by Crippen LogP contribution is 2.08. The van der Waals surface area contributed by atoms with Crippen LogP contribution in [-0.2, 0) is 24.0 Å². The van der Waals surface area contributed by atoms with E-state index in [0.717, 1.165) is 14.7 Å². The summed E-state index contributed by atoms with van der Waals surface area (Å²) in [7, 11) is 0. The molecule has 0 aromatic heterocycles. The smallest absolute Gasteiger partial charge is 0.317 e. The predicted molar refractivity (Wildman–Crippen MR) is 99.5 cm³/mol. The maximum Gasteiger partial charge on any atom is 0.317 e. The molecule has 0 bridgehead atoms. The van der Waals surface area contributed by atoms with E-state index in [-0.39, 0.29) is 13.1 Å². The van der Waals surface area contributed by atoms with Gasteiger partial charge < -0.3 is 35.7 Å². The van der Waals surface area contributed by atoms with Crippen molar-refractivity contribution in [3.05, 3.63) is 0 Å². The number of carboxylic acid groups (broad SMARTS) is 5. The number of hydrogen-bond donors (Lipinski definition) is 7. The number of nitrogens with zero attached hydrogens (tertiary/aromatic N) is 3. The van der Waals surface area contributed by atoms with Gasteiger partial charge >= 0.3 is 29.8 Å². The van der Waals surface area contributed by atoms with Crippen molar-refractivity contribution in [1.29, 1.82) is 0 Å². The van der Waals surface area contributed by atoms with Crippen LogP contribution in [0, 0.1) is 0 Å². The Morgan fingerprint density at radius 2 is 0.774 bits per heavy atom. The van der Waals surface area contributed by atoms with Crippen LogP contribution in [0.15, 0.2) is 0 Å². The van der Waals surface area contributed by atoms with Crippen LogP contribution in [0.1, 0.15) is 0 Å². The third-order valence-corrected chi connectivity index (χ3v) is 4.10. The van der Waals surface area contributed by atoms with Crippen LogP contribution in [-0.4, -0.2) is 151 Å². The van der Waals surface area contributed by atoms with E-state index in [4.69, 9.17) is 25.5 Å². The third-order valence-electron chi connectivity index (χ3n) is 4.10. The van der Waals surface area contributed by atoms with Crippen LogP contribution in [0.2, 0.25) is 0 Å². The fourth-order valence-electron chi connectivity index (χ4n) is 2.89. The van der Waals surface area contributed by atoms with Crippen molar-refractivity contribution in [1.82, 2.24) is 14.7 Å². The summed E-state index contributed by atoms with van der Waals surface area (Å²) in [6, 6.07) is -2.25. The lowest BCUT2D eigenvalue weighted by molar-refractivity contribution is -0.145. The summed E-state index contributed by atoms with van der Waals surface area (Å²) in [6.07, 6.45) is 0. The number of carbonyl (C=O) groups is 5. The molecular weight excluding hydrogens is 426 g/mol. The van der Waals surface area contributed by atoms with Gasteiger partial charge in [0.25, 0.3) is 0 Å². The van der Waals surface area contributed by atoms with Crippen molar-refractivity contribution in [3.8, 4) is 0 Å². The first-order valence-corrected chi connectivity index (χ1v) is 8.90. The number of aliphatic carboxylic acids is 5. The summed E-state index contributed by atoms with van der Waals surface area (Å²) in [5.41, 5.74) is 0. The minimum absolute atomic E-state index is 0.353. The molecule has 0 radical (unpaired) electrons. The Balaban J connectivity index is 5.65. The zero-order chi connectivity index (χ0) is 24.1. The van der Waals surface area contributed by atoms with Crippen LogP contribution in [0.25, 0.3) is 0 Å². The Labute approximate surface area is 176 Å². The molecule has 0 saturated heterocycles. The number of rotatable bonds is 18. The average Bonchev–Trinajstić information content (AvgIpc) is 2.60. The second-order valence-corrected chi connectivity index (χ2v) is 6.65. The molecule has 15 heteroatoms. The maximum atomic E-state index is 11.2. The molecule has 0 aliphatic heterocycles. The summed E-state index contributed by atoms with van der Waals surface area (Å²) < 4.78 is 0. The third kappa shape index (κ3) is 12.4. The van der Waals surface area contributed by atoms with Crippen molar-refractivity contribution in [2.24, 2.45) is 0 Å². The van der Waals surface area contributed by atoms with E-state index in [2.05, 4.69) is 0 Å². The van der Waals surface area contributed by atoms with Gasteiger partial charge in [-0.05, 0) is 0 Å². The van der Waals surface area contributed by atoms with E-state index < -0.39 is 87.9 Å². The van der Waals surface area contributed by atoms with Crippen molar-refractivity contribution >= 4 is 29.8 Å². The molecule has 0 heterocycles. The molecule has 0 amide bonds. The first kappa shape index (κ1) is 28.1. The lowest BCUT2D eigenvalue weighted by Crippen LogP contribution is -2.55. The normalized spacial score (nSPS) is 13.3. The SMILES string of the molecule is O=C(O)CN(CC(CO)N(CC(=O)O)CC(=O)O)CC(CO)N(CC(=O)O)CC(=O)O. The van der Waals surface area contributed by atoms with Crippen LogP contribution in [0.5, 0.6) is 0 Å². The minimum atomic E-state index is -1.38. The highest BCUT2D eigenvalue weighted by atomic mass is 16.4. The summed E-state index contributed by atoms with van der Waals surface area (Å²) in [5.74, 6) is -6.88. The Morgan fingerprint density at radius 1 is 0.516 bits per heavy atom. The standard InChI is InChI=1S/C16H27N3O12/c20-8-10(18(4-13(24)25)5-14(26)27)1-17(3-12(22)23)2-11(9-21)19(6-15(28)29)7-16(30)31/h10-11,20-21H,1-9H2,(H,22,23)(H,24,25)(H,26,27)(H,28,29)(H,30,31). The minimum Gasteiger partial charge on any atom is -0.480 e. The largest absolute Gasteiger partial charge is 0.480 e. The van der Waals surface area contributed by atoms with Gasteiger partial charge in [0.15, 0.2) is 0 Å². The molecule has 0 aliphatic rings. The van der Waals surface area contributed by atoms with Gasteiger partial charge in [-0.25, -0.2) is 0 Å². The molecule has 0 aliphatic carbocycles. The van der Waals surface area contributed by atoms with Crippen molar-refractivity contribution < 1.29 is 59.7 Å². The summed E-state index contributed by atoms with van der Waals surface area (Å²) in [4.78, 5) is 58.2. The Bertz CT molecular complexity index is 565. The number of aliphatic hydroxyl groups excluding tert-OH is 2. The van der Waals surface area contributed by atoms with Gasteiger partial charge in [0.2, 0.25) is 0 Å². The molecule has 2 unspecified atom stereocenters. The summed E-state index contributed by atoms with van der Waals surface area (Å²) in [6.45, 7) is -5.88. The topological polar surface area (TPSA) is 237 Å². The van der Waals surface area contributed by atoms with E-state index in [1.807, 2.05) is 0 Å². The van der Waals surface area contributed by atoms with E-state index in [1.165, 1.54) is 0 Å². The second-order valence-electron chi connectivity index (χ2n) is 6.65. The zero-order valence-electron chi connectivity index (χ0n) is 16.5. The lowest BCUT2D eigenvalue weighted by Gasteiger charge is -2.36. The molecule has 0 rings (SSSR count). The zero-order valence-corrected chi connectivity index (χ0v) is 16.5. The van der Waals surface area contributed by atoms with Gasteiger partial charge in [-0.1, -0.05) is 0 Å². The molecular formula is C16H27N3O12. The first-order chi connectivity index (χ1) is 14.4. The summed E-state index contributed by atoms with van der Waals surface area (Å²) >= 11 is 0. The molecule has 31 heavy (non-hydrogen) atoms. The molecule has 15 nitrogen and oxygen atoms in total. The van der Waals surface area contributed by atoms with E-state index in [0.29, 0.717) is 0 Å².